The van der Waals surface area contributed by atoms with Gasteiger partial charge < -0.3 is 26.3 Å². The van der Waals surface area contributed by atoms with Crippen molar-refractivity contribution in [1.82, 2.24) is 20.1 Å². The first-order valence-corrected chi connectivity index (χ1v) is 14.3. The Kier molecular flexibility index (Phi) is 16.1. The number of pyridine rings is 1. The summed E-state index contributed by atoms with van der Waals surface area (Å²) in [6.45, 7) is 11.4. The van der Waals surface area contributed by atoms with Crippen LogP contribution in [0.25, 0.3) is 4.91 Å². The second-order valence-electron chi connectivity index (χ2n) is 9.76. The number of nitrogen functional groups attached to an aromatic ring is 1. The molecule has 0 radical (unpaired) electrons. The topological polar surface area (TPSA) is 98.3 Å². The molecule has 210 valence electrons. The Bertz CT molecular complexity index is 1020. The molecule has 0 saturated carbocycles. The van der Waals surface area contributed by atoms with E-state index in [1.807, 2.05) is 58.3 Å². The van der Waals surface area contributed by atoms with Gasteiger partial charge in [-0.05, 0) is 78.4 Å². The monoisotopic (exact) mass is 540 g/mol. The van der Waals surface area contributed by atoms with Crippen LogP contribution in [0, 0.1) is 19.3 Å². The zero-order valence-corrected chi connectivity index (χ0v) is 25.3. The lowest BCUT2D eigenvalue weighted by molar-refractivity contribution is -0.117. The standard InChI is InChI=1S/C19H24N4S.C6H15N.C5H9NO/c1-12-8-13(2)18(21)16(9-12)17(20)11-24-19(14(3)22-4)15-6-5-7-23-10-15;1-4-5-6-7(2)3;7-5-6-3-1-2-4-6/h5-10,20,22H,11,21H2,1-4H3;4-6H2,1-3H3;5H,1-4H2/b19-14-,20-17?;;. The number of carbonyl (C=O) groups excluding carboxylic acids is 1. The molecule has 1 aromatic carbocycles. The Balaban J connectivity index is 0.000000419. The summed E-state index contributed by atoms with van der Waals surface area (Å²) >= 11 is 1.63. The Morgan fingerprint density at radius 1 is 1.26 bits per heavy atom. The number of likely N-dealkylation sites (tertiary alicyclic amines) is 1. The van der Waals surface area contributed by atoms with Gasteiger partial charge in [0.15, 0.2) is 0 Å². The van der Waals surface area contributed by atoms with E-state index < -0.39 is 0 Å². The van der Waals surface area contributed by atoms with Crippen LogP contribution >= 0.6 is 11.8 Å². The molecular formula is C30H48N6OS. The summed E-state index contributed by atoms with van der Waals surface area (Å²) < 4.78 is 0. The molecule has 0 unspecified atom stereocenters. The average Bonchev–Trinajstić information content (AvgIpc) is 3.45. The number of nitrogens with two attached hydrogens (primary N) is 1. The van der Waals surface area contributed by atoms with E-state index >= 15 is 0 Å². The molecule has 0 bridgehead atoms. The Hall–Kier alpha value is -2.84. The van der Waals surface area contributed by atoms with Gasteiger partial charge in [-0.1, -0.05) is 31.0 Å². The number of hydrogen-bond donors (Lipinski definition) is 3. The lowest BCUT2D eigenvalue weighted by Gasteiger charge is -2.14. The minimum atomic E-state index is 0.537. The molecule has 0 aliphatic carbocycles. The minimum Gasteiger partial charge on any atom is -0.398 e. The van der Waals surface area contributed by atoms with Crippen molar-refractivity contribution in [2.24, 2.45) is 0 Å². The number of unbranched alkanes of at least 4 members (excludes halogenated alkanes) is 1. The highest BCUT2D eigenvalue weighted by atomic mass is 32.2. The first kappa shape index (κ1) is 33.2. The maximum absolute atomic E-state index is 9.93. The second kappa shape index (κ2) is 18.4. The van der Waals surface area contributed by atoms with E-state index in [2.05, 4.69) is 36.2 Å². The fraction of sp³-hybridized carbons (Fsp3) is 0.500. The van der Waals surface area contributed by atoms with Crippen LogP contribution in [0.3, 0.4) is 0 Å². The van der Waals surface area contributed by atoms with Gasteiger partial charge in [0.1, 0.15) is 0 Å². The van der Waals surface area contributed by atoms with Crippen LogP contribution in [0.4, 0.5) is 5.69 Å². The maximum atomic E-state index is 9.93. The number of hydrogen-bond acceptors (Lipinski definition) is 7. The molecule has 4 N–H and O–H groups in total. The third-order valence-electron chi connectivity index (χ3n) is 6.11. The number of carbonyl (C=O) groups is 1. The lowest BCUT2D eigenvalue weighted by atomic mass is 10.0. The number of thioether (sulfide) groups is 1. The maximum Gasteiger partial charge on any atom is 0.209 e. The summed E-state index contributed by atoms with van der Waals surface area (Å²) in [6.07, 6.45) is 9.55. The highest BCUT2D eigenvalue weighted by Crippen LogP contribution is 2.31. The van der Waals surface area contributed by atoms with Gasteiger partial charge >= 0.3 is 0 Å². The van der Waals surface area contributed by atoms with E-state index in [9.17, 15) is 4.79 Å². The third kappa shape index (κ3) is 12.1. The van der Waals surface area contributed by atoms with Crippen molar-refractivity contribution in [3.8, 4) is 0 Å². The van der Waals surface area contributed by atoms with Crippen LogP contribution in [-0.2, 0) is 4.79 Å². The van der Waals surface area contributed by atoms with Gasteiger partial charge in [-0.25, -0.2) is 0 Å². The molecule has 1 amide bonds. The van der Waals surface area contributed by atoms with Crippen LogP contribution in [0.1, 0.15) is 61.8 Å². The molecule has 7 nitrogen and oxygen atoms in total. The molecule has 1 saturated heterocycles. The average molecular weight is 541 g/mol. The highest BCUT2D eigenvalue weighted by molar-refractivity contribution is 8.08. The molecule has 1 aromatic heterocycles. The predicted molar refractivity (Wildman–Crippen MR) is 166 cm³/mol. The van der Waals surface area contributed by atoms with Crippen LogP contribution in [-0.4, -0.2) is 73.4 Å². The van der Waals surface area contributed by atoms with Crippen LogP contribution < -0.4 is 11.1 Å². The Morgan fingerprint density at radius 3 is 2.42 bits per heavy atom. The molecule has 38 heavy (non-hydrogen) atoms. The van der Waals surface area contributed by atoms with Crippen molar-refractivity contribution in [3.05, 3.63) is 64.6 Å². The van der Waals surface area contributed by atoms with Crippen LogP contribution in [0.2, 0.25) is 0 Å². The molecule has 0 atom stereocenters. The van der Waals surface area contributed by atoms with Crippen molar-refractivity contribution in [2.45, 2.75) is 53.4 Å². The summed E-state index contributed by atoms with van der Waals surface area (Å²) in [5.74, 6) is 0.552. The first-order valence-electron chi connectivity index (χ1n) is 13.3. The van der Waals surface area contributed by atoms with E-state index in [-0.39, 0.29) is 0 Å². The smallest absolute Gasteiger partial charge is 0.209 e. The molecular weight excluding hydrogens is 492 g/mol. The number of rotatable bonds is 10. The van der Waals surface area contributed by atoms with E-state index in [1.165, 1.54) is 32.2 Å². The molecule has 8 heteroatoms. The van der Waals surface area contributed by atoms with E-state index in [4.69, 9.17) is 11.1 Å². The summed E-state index contributed by atoms with van der Waals surface area (Å²) in [5.41, 5.74) is 12.5. The fourth-order valence-corrected chi connectivity index (χ4v) is 4.84. The first-order chi connectivity index (χ1) is 18.1. The summed E-state index contributed by atoms with van der Waals surface area (Å²) in [4.78, 5) is 19.2. The minimum absolute atomic E-state index is 0.537. The number of allylic oxidation sites excluding steroid dienone is 1. The molecule has 0 spiro atoms. The van der Waals surface area contributed by atoms with Gasteiger partial charge in [-0.15, -0.1) is 11.8 Å². The number of nitrogens with zero attached hydrogens (tertiary/aromatic N) is 3. The van der Waals surface area contributed by atoms with Gasteiger partial charge in [-0.3, -0.25) is 9.78 Å². The van der Waals surface area contributed by atoms with Gasteiger partial charge in [0.2, 0.25) is 6.41 Å². The SMILES string of the molecule is CCCCN(C)C.CN/C(C)=C(\SCC(=N)c1cc(C)cc(C)c1N)c1cccnc1.O=CN1CCCC1. The zero-order chi connectivity index (χ0) is 28.5. The predicted octanol–water partition coefficient (Wildman–Crippen LogP) is 5.58. The van der Waals surface area contributed by atoms with Gasteiger partial charge in [-0.2, -0.15) is 0 Å². The summed E-state index contributed by atoms with van der Waals surface area (Å²) in [5, 5.41) is 11.7. The van der Waals surface area contributed by atoms with Crippen molar-refractivity contribution < 1.29 is 4.79 Å². The van der Waals surface area contributed by atoms with E-state index in [0.29, 0.717) is 17.2 Å². The molecule has 1 fully saturated rings. The molecule has 3 rings (SSSR count). The Labute approximate surface area is 234 Å². The number of aromatic nitrogens is 1. The quantitative estimate of drug-likeness (QED) is 0.207. The Morgan fingerprint density at radius 2 is 1.95 bits per heavy atom. The van der Waals surface area contributed by atoms with Gasteiger partial charge in [0.05, 0.1) is 5.71 Å². The third-order valence-corrected chi connectivity index (χ3v) is 7.37. The van der Waals surface area contributed by atoms with Crippen molar-refractivity contribution in [2.75, 3.05) is 52.3 Å². The summed E-state index contributed by atoms with van der Waals surface area (Å²) in [6, 6.07) is 7.99. The van der Waals surface area contributed by atoms with Crippen molar-refractivity contribution in [1.29, 1.82) is 5.41 Å². The number of aryl methyl sites for hydroxylation is 2. The second-order valence-corrected chi connectivity index (χ2v) is 10.7. The molecule has 2 aromatic rings. The summed E-state index contributed by atoms with van der Waals surface area (Å²) in [7, 11) is 6.12. The fourth-order valence-electron chi connectivity index (χ4n) is 3.79. The van der Waals surface area contributed by atoms with Crippen LogP contribution in [0.5, 0.6) is 0 Å². The van der Waals surface area contributed by atoms with E-state index in [0.717, 1.165) is 52.4 Å². The number of anilines is 1. The molecule has 2 heterocycles. The number of benzene rings is 1. The zero-order valence-electron chi connectivity index (χ0n) is 24.4. The number of amides is 1. The van der Waals surface area contributed by atoms with Crippen molar-refractivity contribution in [3.63, 3.8) is 0 Å². The normalized spacial score (nSPS) is 13.1. The van der Waals surface area contributed by atoms with Gasteiger partial charge in [0, 0.05) is 65.7 Å². The van der Waals surface area contributed by atoms with Crippen molar-refractivity contribution >= 4 is 34.5 Å². The number of nitrogens with one attached hydrogen (secondary N) is 2. The molecule has 1 aliphatic rings. The lowest BCUT2D eigenvalue weighted by Crippen LogP contribution is -2.15. The molecule has 1 aliphatic heterocycles. The van der Waals surface area contributed by atoms with Gasteiger partial charge in [0.25, 0.3) is 0 Å². The largest absolute Gasteiger partial charge is 0.398 e. The van der Waals surface area contributed by atoms with Crippen LogP contribution in [0.15, 0.2) is 42.4 Å². The van der Waals surface area contributed by atoms with E-state index in [1.54, 1.807) is 22.9 Å². The highest BCUT2D eigenvalue weighted by Gasteiger charge is 2.13.